The van der Waals surface area contributed by atoms with Crippen molar-refractivity contribution in [2.24, 2.45) is 5.92 Å². The molecule has 2 aromatic rings. The van der Waals surface area contributed by atoms with Crippen LogP contribution in [0.15, 0.2) is 35.7 Å². The van der Waals surface area contributed by atoms with Crippen LogP contribution >= 0.6 is 11.3 Å². The van der Waals surface area contributed by atoms with E-state index in [1.165, 1.54) is 10.6 Å². The number of rotatable bonds is 5. The molecule has 0 radical (unpaired) electrons. The Morgan fingerprint density at radius 3 is 2.91 bits per heavy atom. The molecule has 0 saturated carbocycles. The molecule has 1 aromatic heterocycles. The van der Waals surface area contributed by atoms with Gasteiger partial charge >= 0.3 is 0 Å². The van der Waals surface area contributed by atoms with Crippen molar-refractivity contribution in [3.05, 3.63) is 40.7 Å². The van der Waals surface area contributed by atoms with Crippen molar-refractivity contribution < 1.29 is 4.74 Å². The second-order valence-electron chi connectivity index (χ2n) is 6.43. The normalized spacial score (nSPS) is 19.9. The zero-order valence-electron chi connectivity index (χ0n) is 13.9. The van der Waals surface area contributed by atoms with Gasteiger partial charge in [0.1, 0.15) is 5.01 Å². The molecule has 2 heterocycles. The molecule has 1 atom stereocenters. The molecule has 0 amide bonds. The molecular weight excluding hydrogens is 306 g/mol. The van der Waals surface area contributed by atoms with Crippen LogP contribution in [0.3, 0.4) is 0 Å². The Morgan fingerprint density at radius 1 is 1.30 bits per heavy atom. The third-order valence-corrected chi connectivity index (χ3v) is 4.86. The molecule has 1 aromatic carbocycles. The first kappa shape index (κ1) is 16.6. The molecule has 0 N–H and O–H groups in total. The highest BCUT2D eigenvalue weighted by Crippen LogP contribution is 2.23. The smallest absolute Gasteiger partial charge is 0.107 e. The van der Waals surface area contributed by atoms with Gasteiger partial charge < -0.3 is 9.64 Å². The van der Waals surface area contributed by atoms with E-state index in [1.807, 2.05) is 6.07 Å². The lowest BCUT2D eigenvalue weighted by Crippen LogP contribution is -2.34. The Bertz CT molecular complexity index is 599. The summed E-state index contributed by atoms with van der Waals surface area (Å²) in [6, 6.07) is 10.4. The van der Waals surface area contributed by atoms with Gasteiger partial charge in [-0.15, -0.1) is 11.3 Å². The lowest BCUT2D eigenvalue weighted by Gasteiger charge is -2.24. The summed E-state index contributed by atoms with van der Waals surface area (Å²) in [6.45, 7) is 5.75. The van der Waals surface area contributed by atoms with Crippen molar-refractivity contribution in [3.63, 3.8) is 0 Å². The Kier molecular flexibility index (Phi) is 5.78. The van der Waals surface area contributed by atoms with Crippen molar-refractivity contribution in [3.8, 4) is 11.3 Å². The van der Waals surface area contributed by atoms with E-state index in [0.29, 0.717) is 5.92 Å². The molecular formula is C18H25N3OS. The molecule has 1 aliphatic rings. The second-order valence-corrected chi connectivity index (χ2v) is 7.37. The van der Waals surface area contributed by atoms with Gasteiger partial charge in [-0.1, -0.05) is 30.3 Å². The van der Waals surface area contributed by atoms with Gasteiger partial charge in [-0.3, -0.25) is 4.90 Å². The summed E-state index contributed by atoms with van der Waals surface area (Å²) < 4.78 is 5.77. The highest BCUT2D eigenvalue weighted by atomic mass is 32.1. The molecule has 0 aliphatic carbocycles. The molecule has 0 bridgehead atoms. The number of hydrogen-bond donors (Lipinski definition) is 0. The molecule has 124 valence electrons. The van der Waals surface area contributed by atoms with Crippen LogP contribution in [0.25, 0.3) is 11.3 Å². The van der Waals surface area contributed by atoms with Crippen LogP contribution in [0.1, 0.15) is 5.01 Å². The van der Waals surface area contributed by atoms with Gasteiger partial charge in [0.05, 0.1) is 25.5 Å². The molecule has 1 aliphatic heterocycles. The van der Waals surface area contributed by atoms with Crippen molar-refractivity contribution in [2.45, 2.75) is 6.54 Å². The third-order valence-electron chi connectivity index (χ3n) is 4.03. The zero-order chi connectivity index (χ0) is 16.1. The Balaban J connectivity index is 1.63. The Morgan fingerprint density at radius 2 is 2.13 bits per heavy atom. The Hall–Kier alpha value is -1.27. The van der Waals surface area contributed by atoms with E-state index in [0.717, 1.165) is 45.1 Å². The van der Waals surface area contributed by atoms with Crippen LogP contribution in [0.5, 0.6) is 0 Å². The quantitative estimate of drug-likeness (QED) is 0.842. The largest absolute Gasteiger partial charge is 0.380 e. The number of ether oxygens (including phenoxy) is 1. The molecule has 0 spiro atoms. The lowest BCUT2D eigenvalue weighted by molar-refractivity contribution is 0.112. The van der Waals surface area contributed by atoms with Crippen molar-refractivity contribution in [1.82, 2.24) is 14.8 Å². The summed E-state index contributed by atoms with van der Waals surface area (Å²) >= 11 is 1.76. The summed E-state index contributed by atoms with van der Waals surface area (Å²) in [5, 5.41) is 3.35. The molecule has 5 heteroatoms. The van der Waals surface area contributed by atoms with E-state index in [-0.39, 0.29) is 0 Å². The van der Waals surface area contributed by atoms with Crippen LogP contribution in [-0.4, -0.2) is 61.7 Å². The standard InChI is InChI=1S/C18H25N3OS/c1-20(2)10-15-11-21(8-9-22-13-15)12-18-19-17(14-23-18)16-6-4-3-5-7-16/h3-7,14-15H,8-13H2,1-2H3. The highest BCUT2D eigenvalue weighted by Gasteiger charge is 2.20. The van der Waals surface area contributed by atoms with Gasteiger partial charge in [-0.25, -0.2) is 4.98 Å². The van der Waals surface area contributed by atoms with Gasteiger partial charge in [0.25, 0.3) is 0 Å². The topological polar surface area (TPSA) is 28.6 Å². The number of aromatic nitrogens is 1. The fraction of sp³-hybridized carbons (Fsp3) is 0.500. The van der Waals surface area contributed by atoms with E-state index >= 15 is 0 Å². The van der Waals surface area contributed by atoms with Crippen molar-refractivity contribution in [2.75, 3.05) is 46.9 Å². The van der Waals surface area contributed by atoms with Crippen LogP contribution in [0, 0.1) is 5.92 Å². The molecule has 4 nitrogen and oxygen atoms in total. The molecule has 1 fully saturated rings. The third kappa shape index (κ3) is 4.85. The number of thiazole rings is 1. The van der Waals surface area contributed by atoms with Crippen molar-refractivity contribution >= 4 is 11.3 Å². The Labute approximate surface area is 142 Å². The van der Waals surface area contributed by atoms with Gasteiger partial charge in [0, 0.05) is 36.5 Å². The second kappa shape index (κ2) is 8.02. The average molecular weight is 331 g/mol. The minimum absolute atomic E-state index is 0.570. The van der Waals surface area contributed by atoms with E-state index in [1.54, 1.807) is 11.3 Å². The van der Waals surface area contributed by atoms with E-state index in [9.17, 15) is 0 Å². The number of nitrogens with zero attached hydrogens (tertiary/aromatic N) is 3. The summed E-state index contributed by atoms with van der Waals surface area (Å²) in [4.78, 5) is 9.54. The minimum Gasteiger partial charge on any atom is -0.380 e. The molecule has 3 rings (SSSR count). The van der Waals surface area contributed by atoms with Gasteiger partial charge in [0.2, 0.25) is 0 Å². The monoisotopic (exact) mass is 331 g/mol. The number of hydrogen-bond acceptors (Lipinski definition) is 5. The van der Waals surface area contributed by atoms with E-state index < -0.39 is 0 Å². The first-order valence-corrected chi connectivity index (χ1v) is 9.03. The van der Waals surface area contributed by atoms with Crippen LogP contribution < -0.4 is 0 Å². The fourth-order valence-corrected chi connectivity index (χ4v) is 3.88. The first-order valence-electron chi connectivity index (χ1n) is 8.15. The zero-order valence-corrected chi connectivity index (χ0v) is 14.8. The lowest BCUT2D eigenvalue weighted by atomic mass is 10.1. The average Bonchev–Trinajstić information content (AvgIpc) is 2.89. The molecule has 1 saturated heterocycles. The predicted molar refractivity (Wildman–Crippen MR) is 95.7 cm³/mol. The maximum absolute atomic E-state index is 5.77. The minimum atomic E-state index is 0.570. The fourth-order valence-electron chi connectivity index (χ4n) is 3.04. The van der Waals surface area contributed by atoms with Gasteiger partial charge in [-0.2, -0.15) is 0 Å². The summed E-state index contributed by atoms with van der Waals surface area (Å²) in [7, 11) is 4.25. The molecule has 23 heavy (non-hydrogen) atoms. The first-order chi connectivity index (χ1) is 11.2. The van der Waals surface area contributed by atoms with E-state index in [4.69, 9.17) is 9.72 Å². The van der Waals surface area contributed by atoms with E-state index in [2.05, 4.69) is 53.5 Å². The predicted octanol–water partition coefficient (Wildman–Crippen LogP) is 2.82. The van der Waals surface area contributed by atoms with Crippen LogP contribution in [0.4, 0.5) is 0 Å². The van der Waals surface area contributed by atoms with Gasteiger partial charge in [-0.05, 0) is 14.1 Å². The maximum Gasteiger partial charge on any atom is 0.107 e. The summed E-state index contributed by atoms with van der Waals surface area (Å²) in [5.41, 5.74) is 2.28. The SMILES string of the molecule is CN(C)CC1COCCN(Cc2nc(-c3ccccc3)cs2)C1. The number of benzene rings is 1. The molecule has 1 unspecified atom stereocenters. The van der Waals surface area contributed by atoms with Gasteiger partial charge in [0.15, 0.2) is 0 Å². The van der Waals surface area contributed by atoms with Crippen molar-refractivity contribution in [1.29, 1.82) is 0 Å². The van der Waals surface area contributed by atoms with Crippen LogP contribution in [-0.2, 0) is 11.3 Å². The maximum atomic E-state index is 5.77. The summed E-state index contributed by atoms with van der Waals surface area (Å²) in [5.74, 6) is 0.570. The highest BCUT2D eigenvalue weighted by molar-refractivity contribution is 7.09. The summed E-state index contributed by atoms with van der Waals surface area (Å²) in [6.07, 6.45) is 0. The van der Waals surface area contributed by atoms with Crippen LogP contribution in [0.2, 0.25) is 0 Å².